The minimum absolute atomic E-state index is 0.0353. The first-order chi connectivity index (χ1) is 12.5. The Kier molecular flexibility index (Phi) is 4.92. The number of benzene rings is 2. The van der Waals surface area contributed by atoms with Gasteiger partial charge in [-0.05, 0) is 17.7 Å². The monoisotopic (exact) mass is 358 g/mol. The fourth-order valence-corrected chi connectivity index (χ4v) is 2.80. The number of halogens is 1. The van der Waals surface area contributed by atoms with Crippen molar-refractivity contribution in [3.05, 3.63) is 70.0 Å². The number of carbonyl (C=O) groups excluding carboxylic acids is 2. The molecular formula is C18H15FN2O5. The summed E-state index contributed by atoms with van der Waals surface area (Å²) in [7, 11) is 0. The molecule has 1 aliphatic heterocycles. The van der Waals surface area contributed by atoms with Crippen molar-refractivity contribution in [3.8, 4) is 0 Å². The van der Waals surface area contributed by atoms with E-state index >= 15 is 0 Å². The van der Waals surface area contributed by atoms with Crippen molar-refractivity contribution < 1.29 is 23.6 Å². The number of anilines is 1. The average Bonchev–Trinajstić information content (AvgIpc) is 3.02. The SMILES string of the molecule is O=C(OCc1cccc([N+](=O)[O-])c1)C1CC(=O)N(c2ccccc2F)C1. The van der Waals surface area contributed by atoms with E-state index in [1.54, 1.807) is 12.1 Å². The molecule has 1 saturated heterocycles. The smallest absolute Gasteiger partial charge is 0.311 e. The summed E-state index contributed by atoms with van der Waals surface area (Å²) in [6, 6.07) is 11.6. The molecule has 1 aliphatic rings. The molecule has 1 atom stereocenters. The quantitative estimate of drug-likeness (QED) is 0.466. The maximum atomic E-state index is 13.9. The minimum Gasteiger partial charge on any atom is -0.461 e. The highest BCUT2D eigenvalue weighted by molar-refractivity contribution is 5.99. The predicted octanol–water partition coefficient (Wildman–Crippen LogP) is 2.83. The molecule has 2 aromatic rings. The molecule has 2 aromatic carbocycles. The lowest BCUT2D eigenvalue weighted by Crippen LogP contribution is -2.27. The highest BCUT2D eigenvalue weighted by Crippen LogP contribution is 2.28. The van der Waals surface area contributed by atoms with Gasteiger partial charge >= 0.3 is 5.97 Å². The third-order valence-electron chi connectivity index (χ3n) is 4.10. The van der Waals surface area contributed by atoms with E-state index in [9.17, 15) is 24.1 Å². The number of nitro groups is 1. The number of carbonyl (C=O) groups is 2. The Morgan fingerprint density at radius 2 is 2.04 bits per heavy atom. The molecule has 0 radical (unpaired) electrons. The number of hydrogen-bond donors (Lipinski definition) is 0. The number of non-ortho nitro benzene ring substituents is 1. The van der Waals surface area contributed by atoms with E-state index in [1.807, 2.05) is 0 Å². The molecule has 1 heterocycles. The van der Waals surface area contributed by atoms with E-state index in [1.165, 1.54) is 41.3 Å². The molecule has 0 aliphatic carbocycles. The Balaban J connectivity index is 1.63. The molecule has 8 heteroatoms. The highest BCUT2D eigenvalue weighted by atomic mass is 19.1. The van der Waals surface area contributed by atoms with Crippen LogP contribution in [0.2, 0.25) is 0 Å². The molecule has 0 saturated carbocycles. The molecule has 0 bridgehead atoms. The van der Waals surface area contributed by atoms with Crippen LogP contribution in [0.1, 0.15) is 12.0 Å². The first-order valence-electron chi connectivity index (χ1n) is 7.90. The van der Waals surface area contributed by atoms with Gasteiger partial charge in [-0.3, -0.25) is 19.7 Å². The van der Waals surface area contributed by atoms with Gasteiger partial charge in [0.25, 0.3) is 5.69 Å². The number of hydrogen-bond acceptors (Lipinski definition) is 5. The van der Waals surface area contributed by atoms with E-state index in [2.05, 4.69) is 0 Å². The normalized spacial score (nSPS) is 16.6. The molecule has 1 fully saturated rings. The summed E-state index contributed by atoms with van der Waals surface area (Å²) in [4.78, 5) is 35.8. The summed E-state index contributed by atoms with van der Waals surface area (Å²) >= 11 is 0. The van der Waals surface area contributed by atoms with E-state index < -0.39 is 22.6 Å². The van der Waals surface area contributed by atoms with E-state index in [-0.39, 0.29) is 36.9 Å². The summed E-state index contributed by atoms with van der Waals surface area (Å²) in [5.41, 5.74) is 0.509. The van der Waals surface area contributed by atoms with E-state index in [0.717, 1.165) is 0 Å². The van der Waals surface area contributed by atoms with Crippen LogP contribution in [0, 0.1) is 21.8 Å². The summed E-state index contributed by atoms with van der Waals surface area (Å²) in [6.45, 7) is -0.0988. The van der Waals surface area contributed by atoms with Crippen LogP contribution in [0.5, 0.6) is 0 Å². The Hall–Kier alpha value is -3.29. The number of nitrogens with zero attached hydrogens (tertiary/aromatic N) is 2. The van der Waals surface area contributed by atoms with Gasteiger partial charge in [0.15, 0.2) is 0 Å². The summed E-state index contributed by atoms with van der Waals surface area (Å²) in [5, 5.41) is 10.8. The van der Waals surface area contributed by atoms with Crippen molar-refractivity contribution in [2.45, 2.75) is 13.0 Å². The van der Waals surface area contributed by atoms with E-state index in [0.29, 0.717) is 5.56 Å². The van der Waals surface area contributed by atoms with Crippen molar-refractivity contribution in [2.75, 3.05) is 11.4 Å². The Bertz CT molecular complexity index is 870. The van der Waals surface area contributed by atoms with Crippen molar-refractivity contribution >= 4 is 23.3 Å². The average molecular weight is 358 g/mol. The number of esters is 1. The predicted molar refractivity (Wildman–Crippen MR) is 89.8 cm³/mol. The van der Waals surface area contributed by atoms with Gasteiger partial charge in [-0.25, -0.2) is 4.39 Å². The van der Waals surface area contributed by atoms with Gasteiger partial charge in [0.05, 0.1) is 16.5 Å². The lowest BCUT2D eigenvalue weighted by Gasteiger charge is -2.17. The summed E-state index contributed by atoms with van der Waals surface area (Å²) < 4.78 is 19.0. The van der Waals surface area contributed by atoms with Crippen molar-refractivity contribution in [3.63, 3.8) is 0 Å². The van der Waals surface area contributed by atoms with Gasteiger partial charge < -0.3 is 9.64 Å². The number of amides is 1. The molecule has 134 valence electrons. The summed E-state index contributed by atoms with van der Waals surface area (Å²) in [5.74, 6) is -2.19. The molecule has 0 aromatic heterocycles. The molecule has 0 spiro atoms. The zero-order valence-corrected chi connectivity index (χ0v) is 13.6. The van der Waals surface area contributed by atoms with Gasteiger partial charge in [-0.15, -0.1) is 0 Å². The first-order valence-corrected chi connectivity index (χ1v) is 7.90. The molecule has 1 unspecified atom stereocenters. The van der Waals surface area contributed by atoms with Crippen LogP contribution < -0.4 is 4.90 Å². The Morgan fingerprint density at radius 1 is 1.27 bits per heavy atom. The first kappa shape index (κ1) is 17.5. The van der Waals surface area contributed by atoms with Gasteiger partial charge in [0, 0.05) is 25.1 Å². The fraction of sp³-hybridized carbons (Fsp3) is 0.222. The second-order valence-corrected chi connectivity index (χ2v) is 5.89. The van der Waals surface area contributed by atoms with Crippen molar-refractivity contribution in [2.24, 2.45) is 5.92 Å². The Labute approximate surface area is 148 Å². The topological polar surface area (TPSA) is 89.7 Å². The van der Waals surface area contributed by atoms with Crippen molar-refractivity contribution in [1.82, 2.24) is 0 Å². The van der Waals surface area contributed by atoms with Gasteiger partial charge in [-0.1, -0.05) is 24.3 Å². The maximum Gasteiger partial charge on any atom is 0.311 e. The number of ether oxygens (including phenoxy) is 1. The maximum absolute atomic E-state index is 13.9. The zero-order chi connectivity index (χ0) is 18.7. The molecule has 0 N–H and O–H groups in total. The van der Waals surface area contributed by atoms with Crippen LogP contribution in [0.3, 0.4) is 0 Å². The second-order valence-electron chi connectivity index (χ2n) is 5.89. The third kappa shape index (κ3) is 3.69. The standard InChI is InChI=1S/C18H15FN2O5/c19-15-6-1-2-7-16(15)20-10-13(9-17(20)22)18(23)26-11-12-4-3-5-14(8-12)21(24)25/h1-8,13H,9-11H2. The van der Waals surface area contributed by atoms with Gasteiger partial charge in [0.2, 0.25) is 5.91 Å². The van der Waals surface area contributed by atoms with Gasteiger partial charge in [0.1, 0.15) is 12.4 Å². The molecule has 3 rings (SSSR count). The van der Waals surface area contributed by atoms with Crippen LogP contribution >= 0.6 is 0 Å². The number of rotatable bonds is 5. The zero-order valence-electron chi connectivity index (χ0n) is 13.6. The highest BCUT2D eigenvalue weighted by Gasteiger charge is 2.37. The Morgan fingerprint density at radius 3 is 2.77 bits per heavy atom. The lowest BCUT2D eigenvalue weighted by molar-refractivity contribution is -0.384. The largest absolute Gasteiger partial charge is 0.461 e. The lowest BCUT2D eigenvalue weighted by atomic mass is 10.1. The number of nitro benzene ring substituents is 1. The van der Waals surface area contributed by atoms with Crippen LogP contribution in [0.4, 0.5) is 15.8 Å². The molecule has 1 amide bonds. The van der Waals surface area contributed by atoms with Gasteiger partial charge in [-0.2, -0.15) is 0 Å². The van der Waals surface area contributed by atoms with E-state index in [4.69, 9.17) is 4.74 Å². The molecule has 26 heavy (non-hydrogen) atoms. The second kappa shape index (κ2) is 7.30. The third-order valence-corrected chi connectivity index (χ3v) is 4.10. The van der Waals surface area contributed by atoms with Crippen LogP contribution in [0.25, 0.3) is 0 Å². The minimum atomic E-state index is -0.708. The van der Waals surface area contributed by atoms with Crippen LogP contribution in [-0.2, 0) is 20.9 Å². The van der Waals surface area contributed by atoms with Crippen LogP contribution in [-0.4, -0.2) is 23.3 Å². The van der Waals surface area contributed by atoms with Crippen molar-refractivity contribution in [1.29, 1.82) is 0 Å². The van der Waals surface area contributed by atoms with Crippen LogP contribution in [0.15, 0.2) is 48.5 Å². The summed E-state index contributed by atoms with van der Waals surface area (Å²) in [6.07, 6.45) is -0.0674. The molecule has 7 nitrogen and oxygen atoms in total. The fourth-order valence-electron chi connectivity index (χ4n) is 2.80. The molecular weight excluding hydrogens is 343 g/mol. The number of para-hydroxylation sites is 1.